The maximum atomic E-state index is 13.8. The number of alkyl halides is 3. The molecule has 0 fully saturated rings. The summed E-state index contributed by atoms with van der Waals surface area (Å²) in [7, 11) is 0.748. The number of ether oxygens (including phenoxy) is 2. The second-order valence-corrected chi connectivity index (χ2v) is 5.76. The number of alkyl carbamates (subject to hydrolysis) is 1. The third-order valence-electron chi connectivity index (χ3n) is 3.76. The molecular formula is C20H17F3N2O4. The van der Waals surface area contributed by atoms with Crippen molar-refractivity contribution in [3.05, 3.63) is 65.7 Å². The van der Waals surface area contributed by atoms with E-state index in [1.165, 1.54) is 23.5 Å². The number of amides is 1. The van der Waals surface area contributed by atoms with E-state index in [4.69, 9.17) is 10.5 Å². The van der Waals surface area contributed by atoms with E-state index >= 15 is 0 Å². The van der Waals surface area contributed by atoms with E-state index in [2.05, 4.69) is 10.7 Å². The van der Waals surface area contributed by atoms with Crippen LogP contribution in [0.4, 0.5) is 23.7 Å². The van der Waals surface area contributed by atoms with Crippen LogP contribution in [0.2, 0.25) is 0 Å². The first-order valence-electron chi connectivity index (χ1n) is 8.21. The van der Waals surface area contributed by atoms with Crippen molar-refractivity contribution in [2.45, 2.75) is 18.3 Å². The first-order chi connectivity index (χ1) is 13.7. The lowest BCUT2D eigenvalue weighted by atomic mass is 9.99. The number of nitrogen functional groups attached to an aromatic ring is 1. The van der Waals surface area contributed by atoms with Gasteiger partial charge in [-0.05, 0) is 23.6 Å². The smallest absolute Gasteiger partial charge is 0.434 e. The number of esters is 1. The van der Waals surface area contributed by atoms with Crippen LogP contribution in [-0.2, 0) is 20.9 Å². The van der Waals surface area contributed by atoms with Gasteiger partial charge in [0, 0.05) is 11.3 Å². The number of nitrogens with one attached hydrogen (secondary N) is 1. The van der Waals surface area contributed by atoms with Crippen LogP contribution < -0.4 is 11.1 Å². The van der Waals surface area contributed by atoms with E-state index in [-0.39, 0.29) is 17.9 Å². The molecule has 0 saturated heterocycles. The SMILES string of the molecule is COC(=O)C(C#Cc1ccccc1N)(NC(=O)OCc1ccccc1)C(F)(F)F. The zero-order chi connectivity index (χ0) is 21.5. The van der Waals surface area contributed by atoms with Crippen molar-refractivity contribution in [1.29, 1.82) is 0 Å². The van der Waals surface area contributed by atoms with Gasteiger partial charge in [0.15, 0.2) is 0 Å². The highest BCUT2D eigenvalue weighted by molar-refractivity contribution is 5.91. The zero-order valence-electron chi connectivity index (χ0n) is 15.2. The van der Waals surface area contributed by atoms with Crippen molar-refractivity contribution < 1.29 is 32.2 Å². The molecule has 6 nitrogen and oxygen atoms in total. The summed E-state index contributed by atoms with van der Waals surface area (Å²) in [6, 6.07) is 14.2. The normalized spacial score (nSPS) is 12.7. The summed E-state index contributed by atoms with van der Waals surface area (Å²) in [6.45, 7) is -0.305. The van der Waals surface area contributed by atoms with Gasteiger partial charge in [0.05, 0.1) is 7.11 Å². The van der Waals surface area contributed by atoms with Gasteiger partial charge < -0.3 is 15.2 Å². The van der Waals surface area contributed by atoms with Crippen LogP contribution in [-0.4, -0.2) is 30.9 Å². The Balaban J connectivity index is 2.35. The van der Waals surface area contributed by atoms with Gasteiger partial charge in [0.1, 0.15) is 6.61 Å². The Labute approximate surface area is 164 Å². The van der Waals surface area contributed by atoms with E-state index in [0.717, 1.165) is 7.11 Å². The number of nitrogens with two attached hydrogens (primary N) is 1. The van der Waals surface area contributed by atoms with E-state index < -0.39 is 23.8 Å². The van der Waals surface area contributed by atoms with E-state index in [9.17, 15) is 22.8 Å². The fourth-order valence-electron chi connectivity index (χ4n) is 2.23. The summed E-state index contributed by atoms with van der Waals surface area (Å²) in [5, 5.41) is 1.51. The van der Waals surface area contributed by atoms with E-state index in [1.807, 2.05) is 0 Å². The second-order valence-electron chi connectivity index (χ2n) is 5.76. The molecule has 9 heteroatoms. The molecule has 0 saturated carbocycles. The van der Waals surface area contributed by atoms with Crippen molar-refractivity contribution in [3.63, 3.8) is 0 Å². The molecular weight excluding hydrogens is 389 g/mol. The van der Waals surface area contributed by atoms with Crippen molar-refractivity contribution in [2.24, 2.45) is 0 Å². The molecule has 3 N–H and O–H groups in total. The number of hydrogen-bond acceptors (Lipinski definition) is 5. The average Bonchev–Trinajstić information content (AvgIpc) is 2.70. The largest absolute Gasteiger partial charge is 0.466 e. The Hall–Kier alpha value is -3.67. The Morgan fingerprint density at radius 2 is 1.69 bits per heavy atom. The number of benzene rings is 2. The molecule has 0 heterocycles. The van der Waals surface area contributed by atoms with Gasteiger partial charge in [-0.15, -0.1) is 0 Å². The quantitative estimate of drug-likeness (QED) is 0.463. The molecule has 1 unspecified atom stereocenters. The lowest BCUT2D eigenvalue weighted by molar-refractivity contribution is -0.197. The molecule has 0 aliphatic carbocycles. The lowest BCUT2D eigenvalue weighted by Gasteiger charge is -2.28. The summed E-state index contributed by atoms with van der Waals surface area (Å²) in [4.78, 5) is 24.1. The molecule has 2 aromatic carbocycles. The number of para-hydroxylation sites is 1. The summed E-state index contributed by atoms with van der Waals surface area (Å²) in [5.41, 5.74) is 2.72. The molecule has 0 aromatic heterocycles. The third-order valence-corrected chi connectivity index (χ3v) is 3.76. The predicted molar refractivity (Wildman–Crippen MR) is 98.3 cm³/mol. The average molecular weight is 406 g/mol. The molecule has 0 spiro atoms. The second kappa shape index (κ2) is 9.01. The minimum absolute atomic E-state index is 0.0458. The van der Waals surface area contributed by atoms with Gasteiger partial charge in [0.25, 0.3) is 5.54 Å². The third kappa shape index (κ3) is 5.19. The summed E-state index contributed by atoms with van der Waals surface area (Å²) < 4.78 is 50.6. The Kier molecular flexibility index (Phi) is 6.72. The van der Waals surface area contributed by atoms with Crippen molar-refractivity contribution in [2.75, 3.05) is 12.8 Å². The Morgan fingerprint density at radius 1 is 1.07 bits per heavy atom. The van der Waals surface area contributed by atoms with Crippen molar-refractivity contribution in [3.8, 4) is 11.8 Å². The fourth-order valence-corrected chi connectivity index (χ4v) is 2.23. The molecule has 29 heavy (non-hydrogen) atoms. The minimum Gasteiger partial charge on any atom is -0.466 e. The van der Waals surface area contributed by atoms with Crippen LogP contribution in [0, 0.1) is 11.8 Å². The standard InChI is InChI=1S/C20H17F3N2O4/c1-28-17(26)19(20(21,22)23,12-11-15-9-5-6-10-16(15)24)25-18(27)29-13-14-7-3-2-4-8-14/h2-10H,13,24H2,1H3,(H,25,27). The number of hydrogen-bond donors (Lipinski definition) is 2. The number of carbonyl (C=O) groups is 2. The number of carbonyl (C=O) groups excluding carboxylic acids is 2. The van der Waals surface area contributed by atoms with Crippen LogP contribution in [0.3, 0.4) is 0 Å². The van der Waals surface area contributed by atoms with Crippen LogP contribution in [0.25, 0.3) is 0 Å². The van der Waals surface area contributed by atoms with Gasteiger partial charge in [-0.1, -0.05) is 48.4 Å². The number of anilines is 1. The molecule has 2 aromatic rings. The van der Waals surface area contributed by atoms with Crippen LogP contribution in [0.5, 0.6) is 0 Å². The molecule has 152 valence electrons. The minimum atomic E-state index is -5.30. The Morgan fingerprint density at radius 3 is 2.28 bits per heavy atom. The first kappa shape index (κ1) is 21.6. The highest BCUT2D eigenvalue weighted by Crippen LogP contribution is 2.32. The lowest BCUT2D eigenvalue weighted by Crippen LogP contribution is -2.63. The molecule has 1 amide bonds. The molecule has 2 rings (SSSR count). The summed E-state index contributed by atoms with van der Waals surface area (Å²) >= 11 is 0. The fraction of sp³-hybridized carbons (Fsp3) is 0.200. The van der Waals surface area contributed by atoms with Gasteiger partial charge in [-0.3, -0.25) is 5.32 Å². The topological polar surface area (TPSA) is 90.6 Å². The highest BCUT2D eigenvalue weighted by Gasteiger charge is 2.62. The Bertz CT molecular complexity index is 936. The van der Waals surface area contributed by atoms with Crippen LogP contribution >= 0.6 is 0 Å². The summed E-state index contributed by atoms with van der Waals surface area (Å²) in [5.74, 6) is 2.14. The zero-order valence-corrected chi connectivity index (χ0v) is 15.2. The van der Waals surface area contributed by atoms with Gasteiger partial charge in [-0.2, -0.15) is 13.2 Å². The molecule has 1 atom stereocenters. The highest BCUT2D eigenvalue weighted by atomic mass is 19.4. The molecule has 0 aliphatic rings. The molecule has 0 bridgehead atoms. The maximum Gasteiger partial charge on any atom is 0.434 e. The molecule has 0 radical (unpaired) electrons. The van der Waals surface area contributed by atoms with Gasteiger partial charge in [0.2, 0.25) is 0 Å². The maximum absolute atomic E-state index is 13.8. The first-order valence-corrected chi connectivity index (χ1v) is 8.21. The number of methoxy groups -OCH3 is 1. The van der Waals surface area contributed by atoms with Crippen LogP contribution in [0.15, 0.2) is 54.6 Å². The van der Waals surface area contributed by atoms with Crippen molar-refractivity contribution in [1.82, 2.24) is 5.32 Å². The predicted octanol–water partition coefficient (Wildman–Crippen LogP) is 3.02. The van der Waals surface area contributed by atoms with Crippen LogP contribution in [0.1, 0.15) is 11.1 Å². The number of rotatable bonds is 4. The van der Waals surface area contributed by atoms with E-state index in [0.29, 0.717) is 5.56 Å². The van der Waals surface area contributed by atoms with Crippen molar-refractivity contribution >= 4 is 17.7 Å². The van der Waals surface area contributed by atoms with E-state index in [1.54, 1.807) is 42.3 Å². The number of halogens is 3. The monoisotopic (exact) mass is 406 g/mol. The summed E-state index contributed by atoms with van der Waals surface area (Å²) in [6.07, 6.45) is -6.80. The van der Waals surface area contributed by atoms with Gasteiger partial charge in [-0.25, -0.2) is 9.59 Å². The van der Waals surface area contributed by atoms with Gasteiger partial charge >= 0.3 is 18.2 Å². The molecule has 0 aliphatic heterocycles.